The molecule has 0 bridgehead atoms. The molecule has 1 unspecified atom stereocenters. The van der Waals surface area contributed by atoms with E-state index in [0.717, 1.165) is 4.47 Å². The van der Waals surface area contributed by atoms with E-state index in [1.165, 1.54) is 0 Å². The molecule has 1 aliphatic heterocycles. The number of fused-ring (bicyclic) bond motifs is 1. The number of anilines is 1. The van der Waals surface area contributed by atoms with Gasteiger partial charge < -0.3 is 14.6 Å². The molecule has 0 spiro atoms. The number of rotatable bonds is 5. The van der Waals surface area contributed by atoms with Gasteiger partial charge in [0.25, 0.3) is 5.91 Å². The summed E-state index contributed by atoms with van der Waals surface area (Å²) in [6, 6.07) is 5.78. The van der Waals surface area contributed by atoms with Crippen molar-refractivity contribution < 1.29 is 14.1 Å². The first kappa shape index (κ1) is 18.7. The maximum absolute atomic E-state index is 12.2. The Bertz CT molecular complexity index is 724. The van der Waals surface area contributed by atoms with E-state index >= 15 is 0 Å². The van der Waals surface area contributed by atoms with E-state index in [4.69, 9.17) is 9.26 Å². The van der Waals surface area contributed by atoms with Crippen LogP contribution in [-0.4, -0.2) is 35.7 Å². The molecule has 130 valence electrons. The number of nitrogens with one attached hydrogen (secondary N) is 1. The monoisotopic (exact) mass is 416 g/mol. The van der Waals surface area contributed by atoms with Gasteiger partial charge in [0, 0.05) is 16.9 Å². The van der Waals surface area contributed by atoms with Gasteiger partial charge in [0.15, 0.2) is 12.4 Å². The number of likely N-dealkylation sites (N-methyl/N-ethyl adjacent to an activating group) is 1. The van der Waals surface area contributed by atoms with Crippen molar-refractivity contribution in [2.24, 2.45) is 0 Å². The quantitative estimate of drug-likeness (QED) is 0.804. The summed E-state index contributed by atoms with van der Waals surface area (Å²) in [5.74, 6) is 1.55. The van der Waals surface area contributed by atoms with Crippen molar-refractivity contribution in [3.05, 3.63) is 34.4 Å². The van der Waals surface area contributed by atoms with Crippen molar-refractivity contribution in [1.29, 1.82) is 0 Å². The summed E-state index contributed by atoms with van der Waals surface area (Å²) in [7, 11) is 1.88. The van der Waals surface area contributed by atoms with Crippen LogP contribution in [-0.2, 0) is 17.8 Å². The van der Waals surface area contributed by atoms with Gasteiger partial charge in [-0.2, -0.15) is 4.98 Å². The molecule has 1 atom stereocenters. The van der Waals surface area contributed by atoms with Crippen LogP contribution in [0.15, 0.2) is 27.2 Å². The lowest BCUT2D eigenvalue weighted by Crippen LogP contribution is -2.38. The van der Waals surface area contributed by atoms with Crippen LogP contribution in [0.1, 0.15) is 18.6 Å². The fourth-order valence-corrected chi connectivity index (χ4v) is 2.64. The Balaban J connectivity index is 0.00000208. The molecule has 0 saturated carbocycles. The van der Waals surface area contributed by atoms with Gasteiger partial charge in [-0.3, -0.25) is 9.69 Å². The van der Waals surface area contributed by atoms with Gasteiger partial charge in [-0.15, -0.1) is 12.4 Å². The van der Waals surface area contributed by atoms with Gasteiger partial charge in [0.2, 0.25) is 5.89 Å². The molecular weight excluding hydrogens is 400 g/mol. The third kappa shape index (κ3) is 4.06. The molecule has 3 rings (SSSR count). The Hall–Kier alpha value is -1.64. The van der Waals surface area contributed by atoms with Gasteiger partial charge in [0.05, 0.1) is 5.69 Å². The summed E-state index contributed by atoms with van der Waals surface area (Å²) in [4.78, 5) is 18.1. The lowest BCUT2D eigenvalue weighted by Gasteiger charge is -2.28. The smallest absolute Gasteiger partial charge is 0.265 e. The van der Waals surface area contributed by atoms with Gasteiger partial charge in [-0.05, 0) is 32.2 Å². The maximum atomic E-state index is 12.2. The first-order chi connectivity index (χ1) is 11.1. The minimum Gasteiger partial charge on any atom is -0.482 e. The van der Waals surface area contributed by atoms with Crippen molar-refractivity contribution in [2.45, 2.75) is 25.9 Å². The van der Waals surface area contributed by atoms with Crippen molar-refractivity contribution in [2.75, 3.05) is 18.6 Å². The molecule has 2 heterocycles. The Labute approximate surface area is 154 Å². The third-order valence-corrected chi connectivity index (χ3v) is 4.14. The number of carbonyl (C=O) groups excluding carboxylic acids is 1. The van der Waals surface area contributed by atoms with E-state index in [2.05, 4.69) is 31.4 Å². The zero-order valence-corrected chi connectivity index (χ0v) is 15.7. The second-order valence-electron chi connectivity index (χ2n) is 5.38. The SMILES string of the molecule is CNC(C)Cc1noc(CN2C(=O)COc3cc(Br)ccc32)n1.Cl. The van der Waals surface area contributed by atoms with E-state index in [-0.39, 0.29) is 37.5 Å². The fourth-order valence-electron chi connectivity index (χ4n) is 2.30. The van der Waals surface area contributed by atoms with Crippen LogP contribution in [0.3, 0.4) is 0 Å². The maximum Gasteiger partial charge on any atom is 0.265 e. The van der Waals surface area contributed by atoms with Crippen LogP contribution in [0.2, 0.25) is 0 Å². The highest BCUT2D eigenvalue weighted by molar-refractivity contribution is 9.10. The van der Waals surface area contributed by atoms with E-state index < -0.39 is 0 Å². The molecule has 1 N–H and O–H groups in total. The largest absolute Gasteiger partial charge is 0.482 e. The number of hydrogen-bond acceptors (Lipinski definition) is 6. The number of amides is 1. The molecule has 0 fully saturated rings. The number of nitrogens with zero attached hydrogens (tertiary/aromatic N) is 3. The molecule has 9 heteroatoms. The van der Waals surface area contributed by atoms with E-state index in [1.54, 1.807) is 4.90 Å². The number of hydrogen-bond donors (Lipinski definition) is 1. The van der Waals surface area contributed by atoms with Crippen LogP contribution < -0.4 is 15.0 Å². The third-order valence-electron chi connectivity index (χ3n) is 3.65. The van der Waals surface area contributed by atoms with E-state index in [0.29, 0.717) is 29.6 Å². The van der Waals surface area contributed by atoms with Crippen molar-refractivity contribution in [3.8, 4) is 5.75 Å². The lowest BCUT2D eigenvalue weighted by atomic mass is 10.2. The zero-order valence-electron chi connectivity index (χ0n) is 13.3. The highest BCUT2D eigenvalue weighted by Gasteiger charge is 2.27. The molecule has 0 radical (unpaired) electrons. The Morgan fingerprint density at radius 1 is 1.46 bits per heavy atom. The van der Waals surface area contributed by atoms with Crippen LogP contribution >= 0.6 is 28.3 Å². The Morgan fingerprint density at radius 2 is 2.25 bits per heavy atom. The molecule has 0 saturated heterocycles. The van der Waals surface area contributed by atoms with E-state index in [9.17, 15) is 4.79 Å². The second-order valence-corrected chi connectivity index (χ2v) is 6.29. The Morgan fingerprint density at radius 3 is 3.00 bits per heavy atom. The summed E-state index contributed by atoms with van der Waals surface area (Å²) in [5.41, 5.74) is 0.702. The first-order valence-electron chi connectivity index (χ1n) is 7.28. The van der Waals surface area contributed by atoms with Gasteiger partial charge in [-0.1, -0.05) is 21.1 Å². The molecule has 24 heavy (non-hydrogen) atoms. The molecule has 0 aliphatic carbocycles. The predicted molar refractivity (Wildman–Crippen MR) is 94.6 cm³/mol. The summed E-state index contributed by atoms with van der Waals surface area (Å²) < 4.78 is 11.6. The van der Waals surface area contributed by atoms with Crippen molar-refractivity contribution in [3.63, 3.8) is 0 Å². The lowest BCUT2D eigenvalue weighted by molar-refractivity contribution is -0.121. The minimum atomic E-state index is -0.136. The molecule has 1 aromatic carbocycles. The first-order valence-corrected chi connectivity index (χ1v) is 8.07. The molecule has 1 amide bonds. The number of ether oxygens (including phenoxy) is 1. The highest BCUT2D eigenvalue weighted by atomic mass is 79.9. The topological polar surface area (TPSA) is 80.5 Å². The van der Waals surface area contributed by atoms with Crippen molar-refractivity contribution in [1.82, 2.24) is 15.5 Å². The van der Waals surface area contributed by atoms with Crippen molar-refractivity contribution >= 4 is 39.9 Å². The van der Waals surface area contributed by atoms with Gasteiger partial charge in [0.1, 0.15) is 12.3 Å². The number of benzene rings is 1. The molecule has 1 aliphatic rings. The average Bonchev–Trinajstić information content (AvgIpc) is 2.97. The van der Waals surface area contributed by atoms with Crippen LogP contribution in [0, 0.1) is 0 Å². The summed E-state index contributed by atoms with van der Waals surface area (Å²) >= 11 is 3.40. The summed E-state index contributed by atoms with van der Waals surface area (Å²) in [6.07, 6.45) is 0.667. The second kappa shape index (κ2) is 7.96. The highest BCUT2D eigenvalue weighted by Crippen LogP contribution is 2.35. The predicted octanol–water partition coefficient (Wildman–Crippen LogP) is 2.33. The average molecular weight is 418 g/mol. The number of halogens is 2. The van der Waals surface area contributed by atoms with Gasteiger partial charge in [-0.25, -0.2) is 0 Å². The van der Waals surface area contributed by atoms with E-state index in [1.807, 2.05) is 32.2 Å². The molecule has 1 aromatic heterocycles. The van der Waals surface area contributed by atoms with Crippen LogP contribution in [0.4, 0.5) is 5.69 Å². The number of aromatic nitrogens is 2. The van der Waals surface area contributed by atoms with Crippen LogP contribution in [0.25, 0.3) is 0 Å². The number of carbonyl (C=O) groups is 1. The summed E-state index contributed by atoms with van der Waals surface area (Å²) in [6.45, 7) is 2.27. The zero-order chi connectivity index (χ0) is 16.4. The summed E-state index contributed by atoms with van der Waals surface area (Å²) in [5, 5.41) is 7.08. The molecule has 2 aromatic rings. The van der Waals surface area contributed by atoms with Gasteiger partial charge >= 0.3 is 0 Å². The minimum absolute atomic E-state index is 0. The Kier molecular flexibility index (Phi) is 6.20. The molecule has 7 nitrogen and oxygen atoms in total. The fraction of sp³-hybridized carbons (Fsp3) is 0.400. The standard InChI is InChI=1S/C15H17BrN4O3.ClH/c1-9(17-2)5-13-18-14(23-19-13)7-20-11-4-3-10(16)6-12(11)22-8-15(20)21;/h3-4,6,9,17H,5,7-8H2,1-2H3;1H. The molecular formula is C15H18BrClN4O3. The van der Waals surface area contributed by atoms with Crippen LogP contribution in [0.5, 0.6) is 5.75 Å². The normalized spacial score (nSPS) is 14.6.